The van der Waals surface area contributed by atoms with Crippen molar-refractivity contribution in [2.75, 3.05) is 12.1 Å². The predicted octanol–water partition coefficient (Wildman–Crippen LogP) is 4.71. The van der Waals surface area contributed by atoms with Crippen molar-refractivity contribution < 1.29 is 14.3 Å². The minimum absolute atomic E-state index is 0.0549. The van der Waals surface area contributed by atoms with E-state index in [2.05, 4.69) is 41.4 Å². The smallest absolute Gasteiger partial charge is 0.231 e. The summed E-state index contributed by atoms with van der Waals surface area (Å²) in [4.78, 5) is 17.0. The van der Waals surface area contributed by atoms with Crippen LogP contribution in [0.25, 0.3) is 11.3 Å². The number of hydrogen-bond acceptors (Lipinski definition) is 5. The van der Waals surface area contributed by atoms with Gasteiger partial charge in [0.25, 0.3) is 0 Å². The monoisotopic (exact) mass is 409 g/mol. The number of carbonyl (C=O) groups is 1. The maximum Gasteiger partial charge on any atom is 0.231 e. The van der Waals surface area contributed by atoms with Gasteiger partial charge in [0.2, 0.25) is 12.7 Å². The van der Waals surface area contributed by atoms with E-state index in [4.69, 9.17) is 9.47 Å². The number of rotatable bonds is 7. The van der Waals surface area contributed by atoms with Crippen molar-refractivity contribution in [1.29, 1.82) is 0 Å². The first-order valence-electron chi connectivity index (χ1n) is 9.47. The summed E-state index contributed by atoms with van der Waals surface area (Å²) in [5.74, 6) is 1.43. The second kappa shape index (κ2) is 8.13. The van der Waals surface area contributed by atoms with Crippen LogP contribution in [-0.2, 0) is 17.8 Å². The number of anilines is 1. The minimum Gasteiger partial charge on any atom is -0.454 e. The van der Waals surface area contributed by atoms with E-state index in [1.807, 2.05) is 29.7 Å². The Bertz CT molecular complexity index is 1070. The van der Waals surface area contributed by atoms with Crippen LogP contribution < -0.4 is 14.8 Å². The van der Waals surface area contributed by atoms with E-state index in [9.17, 15) is 4.79 Å². The Kier molecular flexibility index (Phi) is 5.40. The second-order valence-electron chi connectivity index (χ2n) is 6.96. The molecule has 4 rings (SSSR count). The number of nitrogens with zero attached hydrogens (tertiary/aromatic N) is 2. The standard InChI is InChI=1S/C22H23N3O3S/c1-4-9-25-14(2)10-17(15(25)3)18-12-29-22(23-18)24-21(26)8-6-16-5-7-19-20(11-16)28-13-27-19/h4-5,7,10-12H,1,6,8-9,13H2,2-3H3,(H,23,24,26). The quantitative estimate of drug-likeness (QED) is 0.574. The van der Waals surface area contributed by atoms with E-state index < -0.39 is 0 Å². The zero-order valence-corrected chi connectivity index (χ0v) is 17.3. The highest BCUT2D eigenvalue weighted by molar-refractivity contribution is 7.14. The highest BCUT2D eigenvalue weighted by Crippen LogP contribution is 2.33. The van der Waals surface area contributed by atoms with Crippen molar-refractivity contribution in [2.24, 2.45) is 0 Å². The van der Waals surface area contributed by atoms with E-state index in [0.717, 1.165) is 40.6 Å². The Morgan fingerprint density at radius 1 is 1.31 bits per heavy atom. The van der Waals surface area contributed by atoms with Gasteiger partial charge in [0.1, 0.15) is 0 Å². The molecule has 29 heavy (non-hydrogen) atoms. The summed E-state index contributed by atoms with van der Waals surface area (Å²) in [5.41, 5.74) is 5.32. The molecule has 1 aliphatic heterocycles. The molecule has 3 aromatic rings. The van der Waals surface area contributed by atoms with Crippen LogP contribution in [0.3, 0.4) is 0 Å². The number of aryl methyl sites for hydroxylation is 2. The van der Waals surface area contributed by atoms with Crippen molar-refractivity contribution in [3.05, 3.63) is 59.3 Å². The zero-order valence-electron chi connectivity index (χ0n) is 16.5. The molecule has 0 unspecified atom stereocenters. The van der Waals surface area contributed by atoms with Crippen LogP contribution >= 0.6 is 11.3 Å². The summed E-state index contributed by atoms with van der Waals surface area (Å²) in [6.07, 6.45) is 2.89. The molecule has 0 atom stereocenters. The Hall–Kier alpha value is -3.06. The normalized spacial score (nSPS) is 12.2. The summed E-state index contributed by atoms with van der Waals surface area (Å²) < 4.78 is 12.9. The Labute approximate surface area is 173 Å². The molecule has 0 spiro atoms. The minimum atomic E-state index is -0.0549. The number of thiazole rings is 1. The van der Waals surface area contributed by atoms with Gasteiger partial charge in [0, 0.05) is 35.3 Å². The molecular formula is C22H23N3O3S. The second-order valence-corrected chi connectivity index (χ2v) is 7.82. The number of carbonyl (C=O) groups excluding carboxylic acids is 1. The lowest BCUT2D eigenvalue weighted by atomic mass is 10.1. The Morgan fingerprint density at radius 2 is 2.14 bits per heavy atom. The molecule has 3 heterocycles. The molecule has 0 radical (unpaired) electrons. The summed E-state index contributed by atoms with van der Waals surface area (Å²) in [7, 11) is 0. The van der Waals surface area contributed by atoms with Gasteiger partial charge in [0.15, 0.2) is 16.6 Å². The van der Waals surface area contributed by atoms with Crippen molar-refractivity contribution in [1.82, 2.24) is 9.55 Å². The molecule has 0 aliphatic carbocycles. The lowest BCUT2D eigenvalue weighted by Gasteiger charge is -2.05. The highest BCUT2D eigenvalue weighted by atomic mass is 32.1. The number of aromatic nitrogens is 2. The highest BCUT2D eigenvalue weighted by Gasteiger charge is 2.16. The van der Waals surface area contributed by atoms with E-state index in [1.165, 1.54) is 17.0 Å². The zero-order chi connectivity index (χ0) is 20.4. The molecule has 0 saturated heterocycles. The van der Waals surface area contributed by atoms with Crippen molar-refractivity contribution in [2.45, 2.75) is 33.2 Å². The predicted molar refractivity (Wildman–Crippen MR) is 115 cm³/mol. The molecule has 2 aromatic heterocycles. The number of benzene rings is 1. The van der Waals surface area contributed by atoms with E-state index >= 15 is 0 Å². The molecule has 0 fully saturated rings. The Morgan fingerprint density at radius 3 is 2.97 bits per heavy atom. The van der Waals surface area contributed by atoms with Crippen LogP contribution in [0.2, 0.25) is 0 Å². The third-order valence-corrected chi connectivity index (χ3v) is 5.75. The third-order valence-electron chi connectivity index (χ3n) is 4.99. The number of ether oxygens (including phenoxy) is 2. The summed E-state index contributed by atoms with van der Waals surface area (Å²) in [6, 6.07) is 7.89. The molecular weight excluding hydrogens is 386 g/mol. The van der Waals surface area contributed by atoms with Gasteiger partial charge in [-0.2, -0.15) is 0 Å². The third kappa shape index (κ3) is 4.05. The molecule has 1 N–H and O–H groups in total. The lowest BCUT2D eigenvalue weighted by Crippen LogP contribution is -2.12. The summed E-state index contributed by atoms with van der Waals surface area (Å²) in [6.45, 7) is 8.99. The van der Waals surface area contributed by atoms with Crippen LogP contribution in [0.4, 0.5) is 5.13 Å². The van der Waals surface area contributed by atoms with E-state index in [0.29, 0.717) is 18.0 Å². The van der Waals surface area contributed by atoms with Crippen molar-refractivity contribution in [3.63, 3.8) is 0 Å². The summed E-state index contributed by atoms with van der Waals surface area (Å²) in [5, 5.41) is 5.50. The average Bonchev–Trinajstić information content (AvgIpc) is 3.42. The fraction of sp³-hybridized carbons (Fsp3) is 0.273. The van der Waals surface area contributed by atoms with Gasteiger partial charge in [-0.3, -0.25) is 4.79 Å². The fourth-order valence-electron chi connectivity index (χ4n) is 3.46. The largest absolute Gasteiger partial charge is 0.454 e. The van der Waals surface area contributed by atoms with Crippen LogP contribution in [0.15, 0.2) is 42.3 Å². The van der Waals surface area contributed by atoms with Gasteiger partial charge >= 0.3 is 0 Å². The van der Waals surface area contributed by atoms with Gasteiger partial charge in [-0.25, -0.2) is 4.98 Å². The van der Waals surface area contributed by atoms with E-state index in [1.54, 1.807) is 0 Å². The van der Waals surface area contributed by atoms with Gasteiger partial charge in [-0.15, -0.1) is 17.9 Å². The molecule has 0 saturated carbocycles. The van der Waals surface area contributed by atoms with Crippen LogP contribution in [0.5, 0.6) is 11.5 Å². The fourth-order valence-corrected chi connectivity index (χ4v) is 4.19. The first-order valence-corrected chi connectivity index (χ1v) is 10.3. The number of fused-ring (bicyclic) bond motifs is 1. The van der Waals surface area contributed by atoms with E-state index in [-0.39, 0.29) is 12.7 Å². The van der Waals surface area contributed by atoms with Gasteiger partial charge < -0.3 is 19.4 Å². The molecule has 0 bridgehead atoms. The first-order chi connectivity index (χ1) is 14.0. The molecule has 1 aromatic carbocycles. The van der Waals surface area contributed by atoms with Crippen molar-refractivity contribution >= 4 is 22.4 Å². The molecule has 7 heteroatoms. The number of nitrogens with one attached hydrogen (secondary N) is 1. The molecule has 6 nitrogen and oxygen atoms in total. The maximum atomic E-state index is 12.4. The first kappa shape index (κ1) is 19.3. The number of amides is 1. The molecule has 1 amide bonds. The van der Waals surface area contributed by atoms with Crippen LogP contribution in [-0.4, -0.2) is 22.3 Å². The average molecular weight is 410 g/mol. The lowest BCUT2D eigenvalue weighted by molar-refractivity contribution is -0.116. The number of allylic oxidation sites excluding steroid dienone is 1. The maximum absolute atomic E-state index is 12.4. The summed E-state index contributed by atoms with van der Waals surface area (Å²) >= 11 is 1.44. The van der Waals surface area contributed by atoms with Gasteiger partial charge in [-0.05, 0) is 44.0 Å². The van der Waals surface area contributed by atoms with Gasteiger partial charge in [0.05, 0.1) is 5.69 Å². The van der Waals surface area contributed by atoms with Crippen LogP contribution in [0, 0.1) is 13.8 Å². The topological polar surface area (TPSA) is 65.4 Å². The van der Waals surface area contributed by atoms with Crippen LogP contribution in [0.1, 0.15) is 23.4 Å². The van der Waals surface area contributed by atoms with Crippen molar-refractivity contribution in [3.8, 4) is 22.8 Å². The molecule has 1 aliphatic rings. The molecule has 150 valence electrons. The SMILES string of the molecule is C=CCn1c(C)cc(-c2csc(NC(=O)CCc3ccc4c(c3)OCO4)n2)c1C. The van der Waals surface area contributed by atoms with Gasteiger partial charge in [-0.1, -0.05) is 12.1 Å². The number of hydrogen-bond donors (Lipinski definition) is 1. The Balaban J connectivity index is 1.38.